The fraction of sp³-hybridized carbons (Fsp3) is 0.312. The minimum Gasteiger partial charge on any atom is -0.337 e. The Morgan fingerprint density at radius 3 is 2.62 bits per heavy atom. The highest BCUT2D eigenvalue weighted by molar-refractivity contribution is 7.89. The lowest BCUT2D eigenvalue weighted by atomic mass is 10.2. The van der Waals surface area contributed by atoms with Gasteiger partial charge in [0.1, 0.15) is 0 Å². The molecule has 0 radical (unpaired) electrons. The van der Waals surface area contributed by atoms with E-state index in [4.69, 9.17) is 5.73 Å². The Morgan fingerprint density at radius 1 is 1.29 bits per heavy atom. The SMILES string of the molecule is N[C@@H]1CCN(C(=O)c2ccc(S(=O)(=O)NCc3cccs3)cc2)C1. The lowest BCUT2D eigenvalue weighted by molar-refractivity contribution is 0.0791. The van der Waals surface area contributed by atoms with E-state index in [0.717, 1.165) is 11.3 Å². The van der Waals surface area contributed by atoms with Gasteiger partial charge in [-0.3, -0.25) is 4.79 Å². The van der Waals surface area contributed by atoms with Crippen LogP contribution in [-0.4, -0.2) is 38.4 Å². The molecule has 0 saturated carbocycles. The minimum absolute atomic E-state index is 0.0232. The number of likely N-dealkylation sites (tertiary alicyclic amines) is 1. The second-order valence-electron chi connectivity index (χ2n) is 5.73. The number of carbonyl (C=O) groups is 1. The Labute approximate surface area is 145 Å². The van der Waals surface area contributed by atoms with Gasteiger partial charge in [0.25, 0.3) is 5.91 Å². The van der Waals surface area contributed by atoms with E-state index in [0.29, 0.717) is 18.7 Å². The molecular weight excluding hydrogens is 346 g/mol. The quantitative estimate of drug-likeness (QED) is 0.838. The monoisotopic (exact) mass is 365 g/mol. The van der Waals surface area contributed by atoms with Gasteiger partial charge in [0.2, 0.25) is 10.0 Å². The topological polar surface area (TPSA) is 92.5 Å². The van der Waals surface area contributed by atoms with Gasteiger partial charge in [-0.2, -0.15) is 0 Å². The molecule has 6 nitrogen and oxygen atoms in total. The molecule has 0 unspecified atom stereocenters. The molecule has 0 aliphatic carbocycles. The molecule has 1 aromatic carbocycles. The summed E-state index contributed by atoms with van der Waals surface area (Å²) >= 11 is 1.49. The first-order chi connectivity index (χ1) is 11.5. The molecular formula is C16H19N3O3S2. The van der Waals surface area contributed by atoms with Crippen LogP contribution in [0.25, 0.3) is 0 Å². The number of nitrogens with zero attached hydrogens (tertiary/aromatic N) is 1. The van der Waals surface area contributed by atoms with Gasteiger partial charge in [-0.05, 0) is 42.1 Å². The van der Waals surface area contributed by atoms with E-state index in [1.165, 1.54) is 23.5 Å². The zero-order valence-electron chi connectivity index (χ0n) is 13.0. The van der Waals surface area contributed by atoms with Gasteiger partial charge in [0, 0.05) is 36.1 Å². The largest absolute Gasteiger partial charge is 0.337 e. The maximum atomic E-state index is 12.3. The molecule has 1 atom stereocenters. The Balaban J connectivity index is 1.68. The first-order valence-corrected chi connectivity index (χ1v) is 9.99. The second-order valence-corrected chi connectivity index (χ2v) is 8.53. The predicted molar refractivity (Wildman–Crippen MR) is 93.3 cm³/mol. The Morgan fingerprint density at radius 2 is 2.04 bits per heavy atom. The van der Waals surface area contributed by atoms with Gasteiger partial charge < -0.3 is 10.6 Å². The number of sulfonamides is 1. The summed E-state index contributed by atoms with van der Waals surface area (Å²) in [7, 11) is -3.59. The van der Waals surface area contributed by atoms with Crippen LogP contribution >= 0.6 is 11.3 Å². The predicted octanol–water partition coefficient (Wildman–Crippen LogP) is 1.40. The molecule has 0 bridgehead atoms. The molecule has 1 aliphatic heterocycles. The molecule has 3 N–H and O–H groups in total. The maximum absolute atomic E-state index is 12.3. The first-order valence-electron chi connectivity index (χ1n) is 7.63. The normalized spacial score (nSPS) is 18.0. The third-order valence-electron chi connectivity index (χ3n) is 3.94. The summed E-state index contributed by atoms with van der Waals surface area (Å²) < 4.78 is 27.1. The summed E-state index contributed by atoms with van der Waals surface area (Å²) in [5.74, 6) is -0.113. The Kier molecular flexibility index (Phi) is 5.00. The van der Waals surface area contributed by atoms with Crippen molar-refractivity contribution in [3.8, 4) is 0 Å². The highest BCUT2D eigenvalue weighted by Gasteiger charge is 2.24. The number of hydrogen-bond acceptors (Lipinski definition) is 5. The Hall–Kier alpha value is -1.74. The third-order valence-corrected chi connectivity index (χ3v) is 6.23. The van der Waals surface area contributed by atoms with Crippen molar-refractivity contribution in [3.05, 3.63) is 52.2 Å². The summed E-state index contributed by atoms with van der Waals surface area (Å²) in [6.45, 7) is 1.44. The van der Waals surface area contributed by atoms with Crippen molar-refractivity contribution in [1.82, 2.24) is 9.62 Å². The van der Waals surface area contributed by atoms with E-state index in [1.54, 1.807) is 17.0 Å². The van der Waals surface area contributed by atoms with Gasteiger partial charge in [-0.1, -0.05) is 6.07 Å². The van der Waals surface area contributed by atoms with Crippen molar-refractivity contribution in [3.63, 3.8) is 0 Å². The molecule has 2 aromatic rings. The molecule has 1 aliphatic rings. The van der Waals surface area contributed by atoms with Crippen LogP contribution in [-0.2, 0) is 16.6 Å². The summed E-state index contributed by atoms with van der Waals surface area (Å²) in [6, 6.07) is 9.78. The average molecular weight is 365 g/mol. The third kappa shape index (κ3) is 3.84. The highest BCUT2D eigenvalue weighted by atomic mass is 32.2. The van der Waals surface area contributed by atoms with E-state index < -0.39 is 10.0 Å². The number of hydrogen-bond donors (Lipinski definition) is 2. The van der Waals surface area contributed by atoms with Gasteiger partial charge >= 0.3 is 0 Å². The summed E-state index contributed by atoms with van der Waals surface area (Å²) in [6.07, 6.45) is 0.796. The number of carbonyl (C=O) groups excluding carboxylic acids is 1. The van der Waals surface area contributed by atoms with Crippen LogP contribution in [0.15, 0.2) is 46.7 Å². The van der Waals surface area contributed by atoms with E-state index >= 15 is 0 Å². The standard InChI is InChI=1S/C16H19N3O3S2/c17-13-7-8-19(11-13)16(20)12-3-5-15(6-4-12)24(21,22)18-10-14-2-1-9-23-14/h1-6,9,13,18H,7-8,10-11,17H2/t13-/m1/s1. The molecule has 0 spiro atoms. The lowest BCUT2D eigenvalue weighted by Gasteiger charge is -2.16. The van der Waals surface area contributed by atoms with Gasteiger partial charge in [-0.15, -0.1) is 11.3 Å². The number of nitrogens with one attached hydrogen (secondary N) is 1. The molecule has 1 fully saturated rings. The molecule has 8 heteroatoms. The summed E-state index contributed by atoms with van der Waals surface area (Å²) in [4.78, 5) is 15.1. The molecule has 1 saturated heterocycles. The highest BCUT2D eigenvalue weighted by Crippen LogP contribution is 2.16. The molecule has 3 rings (SSSR count). The van der Waals surface area contributed by atoms with Crippen molar-refractivity contribution < 1.29 is 13.2 Å². The Bertz CT molecular complexity index is 802. The smallest absolute Gasteiger partial charge is 0.253 e. The van der Waals surface area contributed by atoms with Crippen molar-refractivity contribution in [2.45, 2.75) is 23.9 Å². The van der Waals surface area contributed by atoms with Crippen LogP contribution in [0.1, 0.15) is 21.7 Å². The fourth-order valence-corrected chi connectivity index (χ4v) is 4.34. The fourth-order valence-electron chi connectivity index (χ4n) is 2.59. The lowest BCUT2D eigenvalue weighted by Crippen LogP contribution is -2.31. The van der Waals surface area contributed by atoms with E-state index in [1.807, 2.05) is 17.5 Å². The summed E-state index contributed by atoms with van der Waals surface area (Å²) in [5, 5.41) is 1.90. The molecule has 128 valence electrons. The van der Waals surface area contributed by atoms with Gasteiger partial charge in [0.05, 0.1) is 4.90 Å². The number of thiophene rings is 1. The van der Waals surface area contributed by atoms with Gasteiger partial charge in [-0.25, -0.2) is 13.1 Å². The maximum Gasteiger partial charge on any atom is 0.253 e. The van der Waals surface area contributed by atoms with E-state index in [2.05, 4.69) is 4.72 Å². The van der Waals surface area contributed by atoms with Crippen LogP contribution < -0.4 is 10.5 Å². The zero-order valence-corrected chi connectivity index (χ0v) is 14.6. The minimum atomic E-state index is -3.59. The number of amides is 1. The molecule has 24 heavy (non-hydrogen) atoms. The van der Waals surface area contributed by atoms with Crippen LogP contribution in [0, 0.1) is 0 Å². The number of rotatable bonds is 5. The van der Waals surface area contributed by atoms with Gasteiger partial charge in [0.15, 0.2) is 0 Å². The van der Waals surface area contributed by atoms with Crippen molar-refractivity contribution in [2.75, 3.05) is 13.1 Å². The second kappa shape index (κ2) is 7.02. The van der Waals surface area contributed by atoms with Crippen LogP contribution in [0.4, 0.5) is 0 Å². The summed E-state index contributed by atoms with van der Waals surface area (Å²) in [5.41, 5.74) is 6.29. The average Bonchev–Trinajstić information content (AvgIpc) is 3.24. The van der Waals surface area contributed by atoms with Crippen LogP contribution in [0.5, 0.6) is 0 Å². The molecule has 1 amide bonds. The van der Waals surface area contributed by atoms with Crippen molar-refractivity contribution in [2.24, 2.45) is 5.73 Å². The number of benzene rings is 1. The zero-order chi connectivity index (χ0) is 17.2. The van der Waals surface area contributed by atoms with Crippen LogP contribution in [0.3, 0.4) is 0 Å². The molecule has 2 heterocycles. The first kappa shape index (κ1) is 17.1. The van der Waals surface area contributed by atoms with Crippen LogP contribution in [0.2, 0.25) is 0 Å². The number of nitrogens with two attached hydrogens (primary N) is 1. The van der Waals surface area contributed by atoms with E-state index in [-0.39, 0.29) is 23.4 Å². The van der Waals surface area contributed by atoms with Crippen molar-refractivity contribution >= 4 is 27.3 Å². The van der Waals surface area contributed by atoms with Crippen molar-refractivity contribution in [1.29, 1.82) is 0 Å². The molecule has 1 aromatic heterocycles. The van der Waals surface area contributed by atoms with E-state index in [9.17, 15) is 13.2 Å².